The van der Waals surface area contributed by atoms with Gasteiger partial charge in [0.25, 0.3) is 0 Å². The number of rotatable bonds is 3. The minimum absolute atomic E-state index is 0.485. The number of hydrogen-bond donors (Lipinski definition) is 1. The van der Waals surface area contributed by atoms with Crippen LogP contribution in [-0.4, -0.2) is 12.1 Å². The largest absolute Gasteiger partial charge is 0.496 e. The first-order valence-electron chi connectivity index (χ1n) is 5.51. The molecule has 0 unspecified atom stereocenters. The summed E-state index contributed by atoms with van der Waals surface area (Å²) in [7, 11) is 1.68. The fraction of sp³-hybridized carbons (Fsp3) is 0.308. The van der Waals surface area contributed by atoms with Gasteiger partial charge in [-0.25, -0.2) is 4.98 Å². The molecule has 0 amide bonds. The lowest BCUT2D eigenvalue weighted by atomic mass is 10.0. The van der Waals surface area contributed by atoms with Crippen LogP contribution in [0, 0.1) is 0 Å². The Morgan fingerprint density at radius 3 is 2.65 bits per heavy atom. The van der Waals surface area contributed by atoms with E-state index in [0.717, 1.165) is 16.3 Å². The van der Waals surface area contributed by atoms with E-state index in [2.05, 4.69) is 31.0 Å². The zero-order valence-corrected chi connectivity index (χ0v) is 11.0. The summed E-state index contributed by atoms with van der Waals surface area (Å²) >= 11 is 1.53. The molecule has 2 aromatic rings. The molecule has 0 aliphatic rings. The molecule has 17 heavy (non-hydrogen) atoms. The second-order valence-corrected chi connectivity index (χ2v) is 5.05. The Morgan fingerprint density at radius 2 is 2.12 bits per heavy atom. The molecule has 0 aliphatic heterocycles. The monoisotopic (exact) mass is 248 g/mol. The molecule has 0 radical (unpaired) electrons. The molecule has 1 aromatic heterocycles. The normalized spacial score (nSPS) is 10.8. The topological polar surface area (TPSA) is 48.1 Å². The van der Waals surface area contributed by atoms with Crippen LogP contribution in [0.3, 0.4) is 0 Å². The van der Waals surface area contributed by atoms with Crippen molar-refractivity contribution >= 4 is 17.2 Å². The molecule has 0 aliphatic carbocycles. The van der Waals surface area contributed by atoms with E-state index in [1.165, 1.54) is 16.9 Å². The molecule has 0 spiro atoms. The van der Waals surface area contributed by atoms with Crippen molar-refractivity contribution in [3.8, 4) is 16.3 Å². The van der Waals surface area contributed by atoms with Gasteiger partial charge in [0.2, 0.25) is 0 Å². The van der Waals surface area contributed by atoms with Gasteiger partial charge in [-0.05, 0) is 23.6 Å². The van der Waals surface area contributed by atoms with Crippen LogP contribution in [0.4, 0.5) is 5.82 Å². The highest BCUT2D eigenvalue weighted by Gasteiger charge is 2.11. The fourth-order valence-electron chi connectivity index (χ4n) is 1.65. The predicted molar refractivity (Wildman–Crippen MR) is 72.6 cm³/mol. The lowest BCUT2D eigenvalue weighted by Crippen LogP contribution is -1.93. The number of nitrogens with zero attached hydrogens (tertiary/aromatic N) is 1. The van der Waals surface area contributed by atoms with Crippen molar-refractivity contribution in [3.63, 3.8) is 0 Å². The molecule has 1 aromatic carbocycles. The van der Waals surface area contributed by atoms with E-state index in [1.807, 2.05) is 11.4 Å². The van der Waals surface area contributed by atoms with Gasteiger partial charge in [0.05, 0.1) is 12.7 Å². The van der Waals surface area contributed by atoms with Crippen LogP contribution in [0.2, 0.25) is 0 Å². The summed E-state index contributed by atoms with van der Waals surface area (Å²) in [5.41, 5.74) is 7.90. The molecule has 0 saturated heterocycles. The van der Waals surface area contributed by atoms with Gasteiger partial charge in [-0.15, -0.1) is 11.3 Å². The molecule has 0 saturated carbocycles. The average Bonchev–Trinajstić information content (AvgIpc) is 2.74. The van der Waals surface area contributed by atoms with Crippen LogP contribution in [0.25, 0.3) is 10.6 Å². The Hall–Kier alpha value is -1.55. The second kappa shape index (κ2) is 4.75. The number of ether oxygens (including phenoxy) is 1. The Bertz CT molecular complexity index is 520. The standard InChI is InChI=1S/C13H16N2OS/c1-8(2)9-4-5-10(11(6-9)16-3)13-15-12(14)7-17-13/h4-8H,14H2,1-3H3. The van der Waals surface area contributed by atoms with Gasteiger partial charge >= 0.3 is 0 Å². The average molecular weight is 248 g/mol. The SMILES string of the molecule is COc1cc(C(C)C)ccc1-c1nc(N)cs1. The van der Waals surface area contributed by atoms with Gasteiger partial charge in [0.15, 0.2) is 0 Å². The minimum atomic E-state index is 0.485. The molecule has 4 heteroatoms. The molecular formula is C13H16N2OS. The molecule has 2 N–H and O–H groups in total. The lowest BCUT2D eigenvalue weighted by molar-refractivity contribution is 0.415. The Kier molecular flexibility index (Phi) is 3.33. The van der Waals surface area contributed by atoms with Crippen LogP contribution in [0.1, 0.15) is 25.3 Å². The van der Waals surface area contributed by atoms with Crippen molar-refractivity contribution in [2.24, 2.45) is 0 Å². The van der Waals surface area contributed by atoms with Crippen molar-refractivity contribution in [1.29, 1.82) is 0 Å². The van der Waals surface area contributed by atoms with Gasteiger partial charge in [-0.2, -0.15) is 0 Å². The van der Waals surface area contributed by atoms with Crippen molar-refractivity contribution in [3.05, 3.63) is 29.1 Å². The van der Waals surface area contributed by atoms with E-state index in [-0.39, 0.29) is 0 Å². The maximum atomic E-state index is 5.64. The van der Waals surface area contributed by atoms with Crippen LogP contribution in [-0.2, 0) is 0 Å². The van der Waals surface area contributed by atoms with E-state index in [0.29, 0.717) is 11.7 Å². The number of benzene rings is 1. The third-order valence-corrected chi connectivity index (χ3v) is 3.54. The molecule has 0 fully saturated rings. The molecule has 3 nitrogen and oxygen atoms in total. The third kappa shape index (κ3) is 2.42. The second-order valence-electron chi connectivity index (χ2n) is 4.19. The van der Waals surface area contributed by atoms with Gasteiger partial charge < -0.3 is 10.5 Å². The van der Waals surface area contributed by atoms with Crippen molar-refractivity contribution in [2.45, 2.75) is 19.8 Å². The Morgan fingerprint density at radius 1 is 1.35 bits per heavy atom. The first kappa shape index (κ1) is 11.9. The highest BCUT2D eigenvalue weighted by molar-refractivity contribution is 7.13. The Labute approximate surface area is 105 Å². The summed E-state index contributed by atoms with van der Waals surface area (Å²) in [6, 6.07) is 6.23. The van der Waals surface area contributed by atoms with Gasteiger partial charge in [0, 0.05) is 5.38 Å². The number of anilines is 1. The maximum absolute atomic E-state index is 5.64. The summed E-state index contributed by atoms with van der Waals surface area (Å²) in [5.74, 6) is 1.89. The quantitative estimate of drug-likeness (QED) is 0.904. The van der Waals surface area contributed by atoms with E-state index in [1.54, 1.807) is 7.11 Å². The van der Waals surface area contributed by atoms with E-state index < -0.39 is 0 Å². The highest BCUT2D eigenvalue weighted by atomic mass is 32.1. The van der Waals surface area contributed by atoms with Crippen LogP contribution < -0.4 is 10.5 Å². The van der Waals surface area contributed by atoms with Crippen LogP contribution in [0.15, 0.2) is 23.6 Å². The van der Waals surface area contributed by atoms with E-state index in [9.17, 15) is 0 Å². The third-order valence-electron chi connectivity index (χ3n) is 2.64. The summed E-state index contributed by atoms with van der Waals surface area (Å²) in [4.78, 5) is 4.28. The number of methoxy groups -OCH3 is 1. The van der Waals surface area contributed by atoms with Gasteiger partial charge in [-0.3, -0.25) is 0 Å². The zero-order chi connectivity index (χ0) is 12.4. The molecular weight excluding hydrogens is 232 g/mol. The van der Waals surface area contributed by atoms with Crippen molar-refractivity contribution in [2.75, 3.05) is 12.8 Å². The lowest BCUT2D eigenvalue weighted by Gasteiger charge is -2.11. The molecule has 0 atom stereocenters. The fourth-order valence-corrected chi connectivity index (χ4v) is 2.39. The van der Waals surface area contributed by atoms with Crippen LogP contribution in [0.5, 0.6) is 5.75 Å². The minimum Gasteiger partial charge on any atom is -0.496 e. The predicted octanol–water partition coefficient (Wildman–Crippen LogP) is 3.52. The van der Waals surface area contributed by atoms with Gasteiger partial charge in [-0.1, -0.05) is 19.9 Å². The number of aromatic nitrogens is 1. The Balaban J connectivity index is 2.48. The maximum Gasteiger partial charge on any atom is 0.135 e. The summed E-state index contributed by atoms with van der Waals surface area (Å²) in [6.07, 6.45) is 0. The van der Waals surface area contributed by atoms with Gasteiger partial charge in [0.1, 0.15) is 16.6 Å². The summed E-state index contributed by atoms with van der Waals surface area (Å²) in [6.45, 7) is 4.33. The first-order valence-corrected chi connectivity index (χ1v) is 6.39. The first-order chi connectivity index (χ1) is 8.11. The summed E-state index contributed by atoms with van der Waals surface area (Å²) < 4.78 is 5.43. The van der Waals surface area contributed by atoms with Crippen LogP contribution >= 0.6 is 11.3 Å². The van der Waals surface area contributed by atoms with Crippen molar-refractivity contribution in [1.82, 2.24) is 4.98 Å². The zero-order valence-electron chi connectivity index (χ0n) is 10.2. The number of thiazole rings is 1. The number of nitrogens with two attached hydrogens (primary N) is 1. The van der Waals surface area contributed by atoms with E-state index >= 15 is 0 Å². The number of nitrogen functional groups attached to an aromatic ring is 1. The molecule has 90 valence electrons. The highest BCUT2D eigenvalue weighted by Crippen LogP contribution is 2.34. The number of hydrogen-bond acceptors (Lipinski definition) is 4. The van der Waals surface area contributed by atoms with Crippen molar-refractivity contribution < 1.29 is 4.74 Å². The summed E-state index contributed by atoms with van der Waals surface area (Å²) in [5, 5.41) is 2.74. The molecule has 2 rings (SSSR count). The molecule has 0 bridgehead atoms. The van der Waals surface area contributed by atoms with E-state index in [4.69, 9.17) is 10.5 Å². The molecule has 1 heterocycles. The smallest absolute Gasteiger partial charge is 0.135 e.